The van der Waals surface area contributed by atoms with Gasteiger partial charge in [0.15, 0.2) is 5.69 Å². The van der Waals surface area contributed by atoms with Crippen LogP contribution in [0, 0.1) is 5.92 Å². The minimum Gasteiger partial charge on any atom is -0.364 e. The van der Waals surface area contributed by atoms with E-state index in [-0.39, 0.29) is 23.9 Å². The lowest BCUT2D eigenvalue weighted by molar-refractivity contribution is -0.122. The topological polar surface area (TPSA) is 100 Å². The number of nitrogens with one attached hydrogen (secondary N) is 2. The van der Waals surface area contributed by atoms with Gasteiger partial charge in [0.2, 0.25) is 5.91 Å². The van der Waals surface area contributed by atoms with Crippen molar-refractivity contribution >= 4 is 11.8 Å². The average molecular weight is 397 g/mol. The first-order chi connectivity index (χ1) is 14.2. The van der Waals surface area contributed by atoms with Crippen molar-refractivity contribution < 1.29 is 14.1 Å². The molecular weight excluding hydrogens is 370 g/mol. The molecule has 29 heavy (non-hydrogen) atoms. The lowest BCUT2D eigenvalue weighted by Crippen LogP contribution is -2.45. The molecular formula is C21H27N5O3. The molecule has 154 valence electrons. The molecule has 2 amide bonds. The third kappa shape index (κ3) is 5.41. The van der Waals surface area contributed by atoms with E-state index < -0.39 is 0 Å². The molecule has 2 aromatic heterocycles. The Labute approximate surface area is 170 Å². The molecule has 1 saturated carbocycles. The fourth-order valence-electron chi connectivity index (χ4n) is 3.97. The van der Waals surface area contributed by atoms with Crippen LogP contribution in [-0.4, -0.2) is 52.0 Å². The Morgan fingerprint density at radius 3 is 2.72 bits per heavy atom. The van der Waals surface area contributed by atoms with Crippen molar-refractivity contribution in [1.29, 1.82) is 0 Å². The molecule has 0 radical (unpaired) electrons. The highest BCUT2D eigenvalue weighted by molar-refractivity contribution is 5.91. The molecule has 4 rings (SSSR count). The van der Waals surface area contributed by atoms with Crippen LogP contribution in [0.5, 0.6) is 0 Å². The van der Waals surface area contributed by atoms with Gasteiger partial charge in [-0.3, -0.25) is 19.5 Å². The molecule has 8 heteroatoms. The number of rotatable bonds is 9. The van der Waals surface area contributed by atoms with Crippen LogP contribution in [0.2, 0.25) is 0 Å². The van der Waals surface area contributed by atoms with Crippen LogP contribution in [0.25, 0.3) is 0 Å². The summed E-state index contributed by atoms with van der Waals surface area (Å²) in [5, 5.41) is 9.65. The quantitative estimate of drug-likeness (QED) is 0.669. The number of nitrogens with zero attached hydrogens (tertiary/aromatic N) is 3. The summed E-state index contributed by atoms with van der Waals surface area (Å²) in [6.07, 6.45) is 9.83. The summed E-state index contributed by atoms with van der Waals surface area (Å²) in [4.78, 5) is 31.2. The molecule has 8 nitrogen and oxygen atoms in total. The molecule has 2 N–H and O–H groups in total. The standard InChI is InChI=1S/C21H27N5O3/c27-20(23-12-16-2-1-8-22-11-16)10-17-5-6-18(26(17)14-15-3-4-15)13-24-21(28)19-7-9-29-25-19/h1-2,7-9,11,15,17-18H,3-6,10,12-14H2,(H,23,27)(H,24,28)/t17-,18+/m1/s1. The van der Waals surface area contributed by atoms with Crippen molar-refractivity contribution in [3.8, 4) is 0 Å². The number of carbonyl (C=O) groups is 2. The SMILES string of the molecule is O=C(C[C@H]1CC[C@@H](CNC(=O)c2ccon2)N1CC1CC1)NCc1cccnc1. The van der Waals surface area contributed by atoms with E-state index in [1.807, 2.05) is 12.1 Å². The second-order valence-electron chi connectivity index (χ2n) is 7.96. The number of likely N-dealkylation sites (tertiary alicyclic amines) is 1. The normalized spacial score (nSPS) is 21.8. The average Bonchev–Trinajstić information content (AvgIpc) is 3.23. The van der Waals surface area contributed by atoms with Crippen molar-refractivity contribution in [3.63, 3.8) is 0 Å². The molecule has 0 spiro atoms. The molecule has 2 aromatic rings. The number of amides is 2. The van der Waals surface area contributed by atoms with Crippen molar-refractivity contribution in [2.75, 3.05) is 13.1 Å². The third-order valence-corrected chi connectivity index (χ3v) is 5.74. The maximum atomic E-state index is 12.5. The maximum absolute atomic E-state index is 12.5. The highest BCUT2D eigenvalue weighted by Gasteiger charge is 2.38. The fourth-order valence-corrected chi connectivity index (χ4v) is 3.97. The van der Waals surface area contributed by atoms with Gasteiger partial charge in [-0.2, -0.15) is 0 Å². The Bertz CT molecular complexity index is 807. The summed E-state index contributed by atoms with van der Waals surface area (Å²) >= 11 is 0. The monoisotopic (exact) mass is 397 g/mol. The van der Waals surface area contributed by atoms with Crippen molar-refractivity contribution in [2.45, 2.75) is 50.7 Å². The van der Waals surface area contributed by atoms with Gasteiger partial charge in [-0.15, -0.1) is 0 Å². The zero-order valence-corrected chi connectivity index (χ0v) is 16.4. The van der Waals surface area contributed by atoms with Crippen LogP contribution in [0.3, 0.4) is 0 Å². The Hall–Kier alpha value is -2.74. The van der Waals surface area contributed by atoms with E-state index >= 15 is 0 Å². The van der Waals surface area contributed by atoms with Gasteiger partial charge >= 0.3 is 0 Å². The second kappa shape index (κ2) is 9.17. The van der Waals surface area contributed by atoms with Gasteiger partial charge in [-0.05, 0) is 43.2 Å². The van der Waals surface area contributed by atoms with Gasteiger partial charge in [0.25, 0.3) is 5.91 Å². The summed E-state index contributed by atoms with van der Waals surface area (Å²) in [5.74, 6) is 0.567. The van der Waals surface area contributed by atoms with Gasteiger partial charge in [0.05, 0.1) is 0 Å². The van der Waals surface area contributed by atoms with E-state index in [9.17, 15) is 9.59 Å². The first-order valence-corrected chi connectivity index (χ1v) is 10.3. The number of aromatic nitrogens is 2. The molecule has 0 bridgehead atoms. The minimum atomic E-state index is -0.220. The van der Waals surface area contributed by atoms with Crippen LogP contribution < -0.4 is 10.6 Å². The van der Waals surface area contributed by atoms with E-state index in [1.54, 1.807) is 18.5 Å². The van der Waals surface area contributed by atoms with Gasteiger partial charge in [-0.25, -0.2) is 0 Å². The van der Waals surface area contributed by atoms with Crippen LogP contribution in [0.4, 0.5) is 0 Å². The summed E-state index contributed by atoms with van der Waals surface area (Å²) in [7, 11) is 0. The van der Waals surface area contributed by atoms with Crippen LogP contribution in [-0.2, 0) is 11.3 Å². The zero-order valence-electron chi connectivity index (χ0n) is 16.4. The van der Waals surface area contributed by atoms with Crippen LogP contribution in [0.15, 0.2) is 41.4 Å². The fraction of sp³-hybridized carbons (Fsp3) is 0.524. The molecule has 2 fully saturated rings. The summed E-state index contributed by atoms with van der Waals surface area (Å²) in [6, 6.07) is 5.85. The van der Waals surface area contributed by atoms with Gasteiger partial charge in [0, 0.05) is 56.6 Å². The Morgan fingerprint density at radius 2 is 2.00 bits per heavy atom. The molecule has 3 heterocycles. The van der Waals surface area contributed by atoms with E-state index in [2.05, 4.69) is 25.7 Å². The predicted molar refractivity (Wildman–Crippen MR) is 106 cm³/mol. The number of hydrogen-bond acceptors (Lipinski definition) is 6. The van der Waals surface area contributed by atoms with Gasteiger partial charge in [0.1, 0.15) is 6.26 Å². The number of hydrogen-bond donors (Lipinski definition) is 2. The Kier molecular flexibility index (Phi) is 6.19. The van der Waals surface area contributed by atoms with E-state index in [0.717, 1.165) is 30.9 Å². The molecule has 2 atom stereocenters. The molecule has 1 aliphatic carbocycles. The van der Waals surface area contributed by atoms with E-state index in [0.29, 0.717) is 25.2 Å². The Balaban J connectivity index is 1.29. The van der Waals surface area contributed by atoms with E-state index in [4.69, 9.17) is 4.52 Å². The molecule has 1 saturated heterocycles. The molecule has 1 aliphatic heterocycles. The highest BCUT2D eigenvalue weighted by atomic mass is 16.5. The maximum Gasteiger partial charge on any atom is 0.273 e. The predicted octanol–water partition coefficient (Wildman–Crippen LogP) is 1.75. The molecule has 0 unspecified atom stereocenters. The highest BCUT2D eigenvalue weighted by Crippen LogP contribution is 2.35. The first kappa shape index (κ1) is 19.6. The molecule has 2 aliphatic rings. The minimum absolute atomic E-state index is 0.0620. The summed E-state index contributed by atoms with van der Waals surface area (Å²) in [6.45, 7) is 2.07. The first-order valence-electron chi connectivity index (χ1n) is 10.3. The number of carbonyl (C=O) groups excluding carboxylic acids is 2. The van der Waals surface area contributed by atoms with Crippen LogP contribution in [0.1, 0.15) is 48.2 Å². The number of pyridine rings is 1. The van der Waals surface area contributed by atoms with Gasteiger partial charge < -0.3 is 15.2 Å². The second-order valence-corrected chi connectivity index (χ2v) is 7.96. The summed E-state index contributed by atoms with van der Waals surface area (Å²) < 4.78 is 4.74. The van der Waals surface area contributed by atoms with Crippen molar-refractivity contribution in [3.05, 3.63) is 48.1 Å². The third-order valence-electron chi connectivity index (χ3n) is 5.74. The van der Waals surface area contributed by atoms with Crippen LogP contribution >= 0.6 is 0 Å². The summed E-state index contributed by atoms with van der Waals surface area (Å²) in [5.41, 5.74) is 1.29. The van der Waals surface area contributed by atoms with E-state index in [1.165, 1.54) is 19.1 Å². The van der Waals surface area contributed by atoms with Crippen molar-refractivity contribution in [1.82, 2.24) is 25.7 Å². The largest absolute Gasteiger partial charge is 0.364 e. The van der Waals surface area contributed by atoms with Gasteiger partial charge in [-0.1, -0.05) is 11.2 Å². The molecule has 0 aromatic carbocycles. The van der Waals surface area contributed by atoms with Crippen molar-refractivity contribution in [2.24, 2.45) is 5.92 Å². The lowest BCUT2D eigenvalue weighted by atomic mass is 10.1. The lowest BCUT2D eigenvalue weighted by Gasteiger charge is -2.30. The zero-order chi connectivity index (χ0) is 20.1. The smallest absolute Gasteiger partial charge is 0.273 e. The Morgan fingerprint density at radius 1 is 1.14 bits per heavy atom.